The van der Waals surface area contributed by atoms with Gasteiger partial charge in [-0.2, -0.15) is 0 Å². The SMILES string of the molecule is CC.CC.COc1cncc(N(C)S(C)(=O)=O)c1. The second-order valence-electron chi connectivity index (χ2n) is 2.81. The first-order valence-corrected chi connectivity index (χ1v) is 7.73. The molecule has 0 saturated carbocycles. The summed E-state index contributed by atoms with van der Waals surface area (Å²) in [6, 6.07) is 1.61. The lowest BCUT2D eigenvalue weighted by molar-refractivity contribution is 0.413. The van der Waals surface area contributed by atoms with Crippen molar-refractivity contribution in [3.05, 3.63) is 18.5 Å². The highest BCUT2D eigenvalue weighted by Gasteiger charge is 2.12. The van der Waals surface area contributed by atoms with Gasteiger partial charge in [-0.25, -0.2) is 8.42 Å². The largest absolute Gasteiger partial charge is 0.495 e. The average molecular weight is 276 g/mol. The summed E-state index contributed by atoms with van der Waals surface area (Å²) in [5.74, 6) is 0.526. The van der Waals surface area contributed by atoms with Crippen molar-refractivity contribution in [2.75, 3.05) is 24.7 Å². The van der Waals surface area contributed by atoms with Gasteiger partial charge in [-0.15, -0.1) is 0 Å². The first kappa shape index (κ1) is 19.0. The third-order valence-corrected chi connectivity index (χ3v) is 3.00. The maximum atomic E-state index is 11.2. The fourth-order valence-corrected chi connectivity index (χ4v) is 1.37. The molecule has 1 aromatic rings. The van der Waals surface area contributed by atoms with Crippen LogP contribution < -0.4 is 9.04 Å². The molecule has 0 radical (unpaired) electrons. The van der Waals surface area contributed by atoms with Crippen molar-refractivity contribution < 1.29 is 13.2 Å². The van der Waals surface area contributed by atoms with Crippen LogP contribution >= 0.6 is 0 Å². The van der Waals surface area contributed by atoms with Gasteiger partial charge in [0.1, 0.15) is 5.75 Å². The molecule has 0 bridgehead atoms. The predicted molar refractivity (Wildman–Crippen MR) is 76.7 cm³/mol. The van der Waals surface area contributed by atoms with Crippen LogP contribution in [0.4, 0.5) is 5.69 Å². The van der Waals surface area contributed by atoms with Crippen LogP contribution in [0.2, 0.25) is 0 Å². The summed E-state index contributed by atoms with van der Waals surface area (Å²) in [5, 5.41) is 0. The Morgan fingerprint density at radius 3 is 2.06 bits per heavy atom. The molecule has 1 rings (SSSR count). The Morgan fingerprint density at radius 1 is 1.17 bits per heavy atom. The van der Waals surface area contributed by atoms with Crippen molar-refractivity contribution in [3.63, 3.8) is 0 Å². The highest BCUT2D eigenvalue weighted by molar-refractivity contribution is 7.92. The molecule has 5 nitrogen and oxygen atoms in total. The molecule has 1 heterocycles. The normalized spacial score (nSPS) is 9.28. The van der Waals surface area contributed by atoms with Crippen molar-refractivity contribution in [2.45, 2.75) is 27.7 Å². The quantitative estimate of drug-likeness (QED) is 0.851. The third kappa shape index (κ3) is 6.44. The Balaban J connectivity index is 0. The predicted octanol–water partition coefficient (Wildman–Crippen LogP) is 2.54. The number of sulfonamides is 1. The van der Waals surface area contributed by atoms with Gasteiger partial charge in [0, 0.05) is 13.1 Å². The summed E-state index contributed by atoms with van der Waals surface area (Å²) in [4.78, 5) is 3.86. The molecular weight excluding hydrogens is 252 g/mol. The van der Waals surface area contributed by atoms with Crippen LogP contribution in [0.3, 0.4) is 0 Å². The van der Waals surface area contributed by atoms with Crippen LogP contribution in [0.25, 0.3) is 0 Å². The van der Waals surface area contributed by atoms with Gasteiger partial charge in [-0.3, -0.25) is 9.29 Å². The van der Waals surface area contributed by atoms with Crippen molar-refractivity contribution in [3.8, 4) is 5.75 Å². The first-order valence-electron chi connectivity index (χ1n) is 5.88. The molecule has 0 unspecified atom stereocenters. The molecular formula is C12H24N2O3S. The maximum absolute atomic E-state index is 11.2. The van der Waals surface area contributed by atoms with Crippen LogP contribution in [-0.4, -0.2) is 33.8 Å². The molecule has 0 aliphatic rings. The molecule has 1 aromatic heterocycles. The summed E-state index contributed by atoms with van der Waals surface area (Å²) in [6.45, 7) is 8.00. The lowest BCUT2D eigenvalue weighted by Gasteiger charge is -2.16. The number of aromatic nitrogens is 1. The van der Waals surface area contributed by atoms with E-state index in [4.69, 9.17) is 4.74 Å². The number of ether oxygens (including phenoxy) is 1. The van der Waals surface area contributed by atoms with Crippen LogP contribution in [0, 0.1) is 0 Å². The van der Waals surface area contributed by atoms with Crippen molar-refractivity contribution >= 4 is 15.7 Å². The average Bonchev–Trinajstić information content (AvgIpc) is 2.41. The standard InChI is InChI=1S/C8H12N2O3S.2C2H6/c1-10(14(3,11)12)7-4-8(13-2)6-9-5-7;2*1-2/h4-6H,1-3H3;2*1-2H3. The van der Waals surface area contributed by atoms with Crippen molar-refractivity contribution in [1.82, 2.24) is 4.98 Å². The van der Waals surface area contributed by atoms with E-state index in [9.17, 15) is 8.42 Å². The summed E-state index contributed by atoms with van der Waals surface area (Å²) < 4.78 is 28.5. The monoisotopic (exact) mass is 276 g/mol. The zero-order valence-corrected chi connectivity index (χ0v) is 13.1. The third-order valence-electron chi connectivity index (χ3n) is 1.80. The molecule has 0 spiro atoms. The number of hydrogen-bond acceptors (Lipinski definition) is 4. The molecule has 0 atom stereocenters. The summed E-state index contributed by atoms with van der Waals surface area (Å²) in [6.07, 6.45) is 4.11. The van der Waals surface area contributed by atoms with Crippen molar-refractivity contribution in [1.29, 1.82) is 0 Å². The topological polar surface area (TPSA) is 59.5 Å². The highest BCUT2D eigenvalue weighted by Crippen LogP contribution is 2.19. The van der Waals surface area contributed by atoms with Gasteiger partial charge in [-0.1, -0.05) is 27.7 Å². The number of hydrogen-bond donors (Lipinski definition) is 0. The fraction of sp³-hybridized carbons (Fsp3) is 0.583. The summed E-state index contributed by atoms with van der Waals surface area (Å²) >= 11 is 0. The molecule has 0 N–H and O–H groups in total. The van der Waals surface area contributed by atoms with E-state index in [2.05, 4.69) is 4.98 Å². The molecule has 6 heteroatoms. The van der Waals surface area contributed by atoms with Crippen LogP contribution in [0.5, 0.6) is 5.75 Å². The minimum Gasteiger partial charge on any atom is -0.495 e. The summed E-state index contributed by atoms with van der Waals surface area (Å²) in [7, 11) is -0.278. The number of nitrogens with zero attached hydrogens (tertiary/aromatic N) is 2. The maximum Gasteiger partial charge on any atom is 0.232 e. The van der Waals surface area contributed by atoms with E-state index in [-0.39, 0.29) is 0 Å². The smallest absolute Gasteiger partial charge is 0.232 e. The molecule has 0 aliphatic heterocycles. The number of methoxy groups -OCH3 is 1. The van der Waals surface area contributed by atoms with Gasteiger partial charge in [-0.05, 0) is 0 Å². The van der Waals surface area contributed by atoms with Gasteiger partial charge in [0.2, 0.25) is 10.0 Å². The minimum atomic E-state index is -3.24. The fourth-order valence-electron chi connectivity index (χ4n) is 0.883. The van der Waals surface area contributed by atoms with E-state index >= 15 is 0 Å². The van der Waals surface area contributed by atoms with Gasteiger partial charge < -0.3 is 4.74 Å². The van der Waals surface area contributed by atoms with E-state index in [1.807, 2.05) is 27.7 Å². The Morgan fingerprint density at radius 2 is 1.67 bits per heavy atom. The van der Waals surface area contributed by atoms with Gasteiger partial charge in [0.05, 0.1) is 31.4 Å². The van der Waals surface area contributed by atoms with E-state index in [1.165, 1.54) is 26.6 Å². The summed E-state index contributed by atoms with van der Waals surface area (Å²) in [5.41, 5.74) is 0.479. The molecule has 18 heavy (non-hydrogen) atoms. The van der Waals surface area contributed by atoms with E-state index in [0.717, 1.165) is 10.6 Å². The van der Waals surface area contributed by atoms with Crippen LogP contribution in [0.1, 0.15) is 27.7 Å². The zero-order chi connectivity index (χ0) is 14.8. The second kappa shape index (κ2) is 9.70. The minimum absolute atomic E-state index is 0.479. The lowest BCUT2D eigenvalue weighted by atomic mass is 10.4. The van der Waals surface area contributed by atoms with Gasteiger partial charge in [0.15, 0.2) is 0 Å². The Kier molecular flexibility index (Phi) is 10.3. The van der Waals surface area contributed by atoms with Gasteiger partial charge in [0.25, 0.3) is 0 Å². The molecule has 0 saturated heterocycles. The van der Waals surface area contributed by atoms with E-state index < -0.39 is 10.0 Å². The lowest BCUT2D eigenvalue weighted by Crippen LogP contribution is -2.24. The molecule has 0 amide bonds. The Labute approximate surface area is 111 Å². The Hall–Kier alpha value is -1.30. The second-order valence-corrected chi connectivity index (χ2v) is 4.83. The molecule has 0 fully saturated rings. The zero-order valence-electron chi connectivity index (χ0n) is 12.3. The van der Waals surface area contributed by atoms with E-state index in [0.29, 0.717) is 11.4 Å². The number of pyridine rings is 1. The van der Waals surface area contributed by atoms with Crippen LogP contribution in [0.15, 0.2) is 18.5 Å². The number of anilines is 1. The van der Waals surface area contributed by atoms with Crippen LogP contribution in [-0.2, 0) is 10.0 Å². The first-order chi connectivity index (χ1) is 8.45. The Bertz CT molecular complexity index is 419. The number of rotatable bonds is 3. The highest BCUT2D eigenvalue weighted by atomic mass is 32.2. The van der Waals surface area contributed by atoms with E-state index in [1.54, 1.807) is 6.07 Å². The van der Waals surface area contributed by atoms with Crippen molar-refractivity contribution in [2.24, 2.45) is 0 Å². The molecule has 0 aromatic carbocycles. The molecule has 106 valence electrons. The van der Waals surface area contributed by atoms with Gasteiger partial charge >= 0.3 is 0 Å². The molecule has 0 aliphatic carbocycles.